The van der Waals surface area contributed by atoms with Crippen LogP contribution in [0, 0.1) is 5.82 Å². The quantitative estimate of drug-likeness (QED) is 0.747. The zero-order valence-electron chi connectivity index (χ0n) is 13.0. The summed E-state index contributed by atoms with van der Waals surface area (Å²) in [5.41, 5.74) is 0.249. The maximum atomic E-state index is 13.7. The van der Waals surface area contributed by atoms with Crippen molar-refractivity contribution in [2.24, 2.45) is 0 Å². The number of thiophene rings is 1. The van der Waals surface area contributed by atoms with E-state index in [1.165, 1.54) is 25.3 Å². The van der Waals surface area contributed by atoms with Crippen molar-refractivity contribution in [3.8, 4) is 5.75 Å². The van der Waals surface area contributed by atoms with Crippen molar-refractivity contribution in [2.75, 3.05) is 13.7 Å². The monoisotopic (exact) mass is 345 g/mol. The number of methoxy groups -OCH3 is 1. The first-order valence-corrected chi connectivity index (χ1v) is 8.21. The minimum atomic E-state index is -0.563. The molecule has 0 fully saturated rings. The number of aromatic nitrogens is 2. The summed E-state index contributed by atoms with van der Waals surface area (Å²) in [6.07, 6.45) is 3.55. The molecule has 1 unspecified atom stereocenters. The van der Waals surface area contributed by atoms with E-state index in [0.717, 1.165) is 4.88 Å². The number of nitrogens with one attached hydrogen (secondary N) is 1. The Morgan fingerprint density at radius 2 is 2.29 bits per heavy atom. The maximum Gasteiger partial charge on any atom is 0.251 e. The lowest BCUT2D eigenvalue weighted by Crippen LogP contribution is -2.31. The zero-order valence-corrected chi connectivity index (χ0v) is 13.8. The second-order valence-corrected chi connectivity index (χ2v) is 6.06. The molecule has 0 saturated carbocycles. The fourth-order valence-electron chi connectivity index (χ4n) is 2.37. The third kappa shape index (κ3) is 3.46. The molecular formula is C17H16FN3O2S. The summed E-state index contributed by atoms with van der Waals surface area (Å²) in [6.45, 7) is 0.356. The number of halogens is 1. The molecule has 3 aromatic rings. The number of ether oxygens (including phenoxy) is 1. The molecule has 0 aliphatic carbocycles. The molecule has 0 aliphatic heterocycles. The number of hydrogen-bond acceptors (Lipinski definition) is 4. The SMILES string of the molecule is COc1ccc(C(=O)NCC(c2cccs2)n2cccn2)cc1F. The van der Waals surface area contributed by atoms with Gasteiger partial charge < -0.3 is 10.1 Å². The lowest BCUT2D eigenvalue weighted by atomic mass is 10.2. The predicted molar refractivity (Wildman–Crippen MR) is 90.0 cm³/mol. The molecular weight excluding hydrogens is 329 g/mol. The van der Waals surface area contributed by atoms with E-state index in [4.69, 9.17) is 4.74 Å². The summed E-state index contributed by atoms with van der Waals surface area (Å²) >= 11 is 1.60. The fraction of sp³-hybridized carbons (Fsp3) is 0.176. The largest absolute Gasteiger partial charge is 0.494 e. The average molecular weight is 345 g/mol. The van der Waals surface area contributed by atoms with Gasteiger partial charge in [0.1, 0.15) is 6.04 Å². The maximum absolute atomic E-state index is 13.7. The van der Waals surface area contributed by atoms with Crippen LogP contribution in [-0.2, 0) is 0 Å². The predicted octanol–water partition coefficient (Wildman–Crippen LogP) is 3.11. The molecule has 7 heteroatoms. The van der Waals surface area contributed by atoms with Crippen molar-refractivity contribution in [1.29, 1.82) is 0 Å². The zero-order chi connectivity index (χ0) is 16.9. The molecule has 1 aromatic carbocycles. The van der Waals surface area contributed by atoms with Gasteiger partial charge in [-0.25, -0.2) is 4.39 Å². The Bertz CT molecular complexity index is 769. The molecule has 1 atom stereocenters. The van der Waals surface area contributed by atoms with Gasteiger partial charge in [-0.15, -0.1) is 11.3 Å². The first kappa shape index (κ1) is 16.2. The molecule has 3 rings (SSSR count). The van der Waals surface area contributed by atoms with Gasteiger partial charge in [-0.3, -0.25) is 9.48 Å². The Morgan fingerprint density at radius 1 is 1.42 bits per heavy atom. The standard InChI is InChI=1S/C17H16FN3O2S/c1-23-15-6-5-12(10-13(15)18)17(22)19-11-14(16-4-2-9-24-16)21-8-3-7-20-21/h2-10,14H,11H2,1H3,(H,19,22). The van der Waals surface area contributed by atoms with Crippen LogP contribution in [-0.4, -0.2) is 29.3 Å². The molecule has 24 heavy (non-hydrogen) atoms. The van der Waals surface area contributed by atoms with E-state index in [0.29, 0.717) is 6.54 Å². The number of hydrogen-bond donors (Lipinski definition) is 1. The molecule has 1 amide bonds. The van der Waals surface area contributed by atoms with Crippen molar-refractivity contribution in [3.63, 3.8) is 0 Å². The Balaban J connectivity index is 1.73. The van der Waals surface area contributed by atoms with Gasteiger partial charge in [-0.05, 0) is 35.7 Å². The Labute approximate surface area is 142 Å². The molecule has 1 N–H and O–H groups in total. The molecule has 5 nitrogen and oxygen atoms in total. The fourth-order valence-corrected chi connectivity index (χ4v) is 3.19. The summed E-state index contributed by atoms with van der Waals surface area (Å²) < 4.78 is 20.4. The van der Waals surface area contributed by atoms with Crippen molar-refractivity contribution in [1.82, 2.24) is 15.1 Å². The van der Waals surface area contributed by atoms with Crippen molar-refractivity contribution >= 4 is 17.2 Å². The van der Waals surface area contributed by atoms with E-state index < -0.39 is 5.82 Å². The smallest absolute Gasteiger partial charge is 0.251 e. The molecule has 0 spiro atoms. The Morgan fingerprint density at radius 3 is 2.92 bits per heavy atom. The van der Waals surface area contributed by atoms with Crippen LogP contribution in [0.3, 0.4) is 0 Å². The minimum absolute atomic E-state index is 0.105. The average Bonchev–Trinajstić information content (AvgIpc) is 3.29. The lowest BCUT2D eigenvalue weighted by Gasteiger charge is -2.17. The molecule has 2 aromatic heterocycles. The van der Waals surface area contributed by atoms with Crippen molar-refractivity contribution in [2.45, 2.75) is 6.04 Å². The number of rotatable bonds is 6. The van der Waals surface area contributed by atoms with Crippen LogP contribution in [0.4, 0.5) is 4.39 Å². The molecule has 124 valence electrons. The molecule has 0 saturated heterocycles. The normalized spacial score (nSPS) is 11.9. The second kappa shape index (κ2) is 7.27. The van der Waals surface area contributed by atoms with Gasteiger partial charge in [0.15, 0.2) is 11.6 Å². The van der Waals surface area contributed by atoms with Gasteiger partial charge in [0.2, 0.25) is 0 Å². The number of benzene rings is 1. The third-order valence-electron chi connectivity index (χ3n) is 3.59. The summed E-state index contributed by atoms with van der Waals surface area (Å²) in [5.74, 6) is -0.795. The third-order valence-corrected chi connectivity index (χ3v) is 4.56. The summed E-state index contributed by atoms with van der Waals surface area (Å²) in [5, 5.41) is 9.07. The summed E-state index contributed by atoms with van der Waals surface area (Å²) in [6, 6.07) is 9.82. The van der Waals surface area contributed by atoms with Crippen molar-refractivity contribution < 1.29 is 13.9 Å². The first-order chi connectivity index (χ1) is 11.7. The van der Waals surface area contributed by atoms with Gasteiger partial charge in [0, 0.05) is 29.4 Å². The van der Waals surface area contributed by atoms with Crippen molar-refractivity contribution in [3.05, 3.63) is 70.4 Å². The molecule has 0 radical (unpaired) electrons. The molecule has 0 aliphatic rings. The first-order valence-electron chi connectivity index (χ1n) is 7.33. The Hall–Kier alpha value is -2.67. The highest BCUT2D eigenvalue weighted by molar-refractivity contribution is 7.10. The summed E-state index contributed by atoms with van der Waals surface area (Å²) in [4.78, 5) is 13.4. The number of amides is 1. The highest BCUT2D eigenvalue weighted by Crippen LogP contribution is 2.22. The van der Waals surface area contributed by atoms with E-state index >= 15 is 0 Å². The second-order valence-electron chi connectivity index (χ2n) is 5.08. The van der Waals surface area contributed by atoms with Crippen LogP contribution in [0.25, 0.3) is 0 Å². The van der Waals surface area contributed by atoms with E-state index in [-0.39, 0.29) is 23.3 Å². The molecule has 0 bridgehead atoms. The number of nitrogens with zero attached hydrogens (tertiary/aromatic N) is 2. The lowest BCUT2D eigenvalue weighted by molar-refractivity contribution is 0.0949. The highest BCUT2D eigenvalue weighted by Gasteiger charge is 2.17. The molecule has 2 heterocycles. The van der Waals surface area contributed by atoms with Gasteiger partial charge >= 0.3 is 0 Å². The van der Waals surface area contributed by atoms with Crippen LogP contribution in [0.2, 0.25) is 0 Å². The van der Waals surface area contributed by atoms with Crippen LogP contribution in [0.5, 0.6) is 5.75 Å². The topological polar surface area (TPSA) is 56.1 Å². The van der Waals surface area contributed by atoms with E-state index in [1.807, 2.05) is 29.8 Å². The minimum Gasteiger partial charge on any atom is -0.494 e. The van der Waals surface area contributed by atoms with Crippen LogP contribution >= 0.6 is 11.3 Å². The number of carbonyl (C=O) groups is 1. The van der Waals surface area contributed by atoms with E-state index in [9.17, 15) is 9.18 Å². The number of carbonyl (C=O) groups excluding carboxylic acids is 1. The van der Waals surface area contributed by atoms with E-state index in [2.05, 4.69) is 10.4 Å². The van der Waals surface area contributed by atoms with Gasteiger partial charge in [0.05, 0.1) is 7.11 Å². The highest BCUT2D eigenvalue weighted by atomic mass is 32.1. The van der Waals surface area contributed by atoms with E-state index in [1.54, 1.807) is 22.2 Å². The van der Waals surface area contributed by atoms with Gasteiger partial charge in [-0.2, -0.15) is 5.10 Å². The van der Waals surface area contributed by atoms with Gasteiger partial charge in [0.25, 0.3) is 5.91 Å². The van der Waals surface area contributed by atoms with Gasteiger partial charge in [-0.1, -0.05) is 6.07 Å². The van der Waals surface area contributed by atoms with Crippen LogP contribution < -0.4 is 10.1 Å². The van der Waals surface area contributed by atoms with Crippen LogP contribution in [0.15, 0.2) is 54.2 Å². The van der Waals surface area contributed by atoms with Crippen LogP contribution in [0.1, 0.15) is 21.3 Å². The Kier molecular flexibility index (Phi) is 4.90. The summed E-state index contributed by atoms with van der Waals surface area (Å²) in [7, 11) is 1.38.